The topological polar surface area (TPSA) is 63.8 Å². The van der Waals surface area contributed by atoms with Gasteiger partial charge in [0.1, 0.15) is 0 Å². The van der Waals surface area contributed by atoms with E-state index in [-0.39, 0.29) is 6.04 Å². The Kier molecular flexibility index (Phi) is 3.28. The van der Waals surface area contributed by atoms with E-state index < -0.39 is 0 Å². The Morgan fingerprint density at radius 2 is 2.25 bits per heavy atom. The van der Waals surface area contributed by atoms with Crippen molar-refractivity contribution >= 4 is 11.3 Å². The second kappa shape index (κ2) is 4.69. The third-order valence-electron chi connectivity index (χ3n) is 2.39. The Balaban J connectivity index is 2.40. The lowest BCUT2D eigenvalue weighted by Gasteiger charge is -2.14. The number of nitrogens with one attached hydrogen (secondary N) is 1. The van der Waals surface area contributed by atoms with E-state index in [0.717, 1.165) is 21.1 Å². The molecule has 0 amide bonds. The minimum absolute atomic E-state index is 0.0279. The number of thiazole rings is 1. The maximum absolute atomic E-state index is 5.62. The first-order chi connectivity index (χ1) is 7.72. The van der Waals surface area contributed by atoms with Gasteiger partial charge in [-0.25, -0.2) is 10.4 Å². The highest BCUT2D eigenvalue weighted by Gasteiger charge is 2.17. The molecule has 0 aliphatic carbocycles. The normalized spacial score (nSPS) is 12.7. The molecular weight excluding hydrogens is 220 g/mol. The van der Waals surface area contributed by atoms with Crippen LogP contribution in [0.2, 0.25) is 0 Å². The van der Waals surface area contributed by atoms with Crippen molar-refractivity contribution in [3.63, 3.8) is 0 Å². The van der Waals surface area contributed by atoms with Crippen LogP contribution in [0.15, 0.2) is 24.5 Å². The van der Waals surface area contributed by atoms with Gasteiger partial charge in [0.05, 0.1) is 21.6 Å². The first-order valence-corrected chi connectivity index (χ1v) is 5.84. The third kappa shape index (κ3) is 2.11. The summed E-state index contributed by atoms with van der Waals surface area (Å²) < 4.78 is 0. The molecule has 0 aliphatic rings. The molecule has 16 heavy (non-hydrogen) atoms. The standard InChI is InChI=1S/C11H14N4S/c1-7-11(16-8(2)14-7)10(15-12)9-4-3-5-13-6-9/h3-6,10,15H,12H2,1-2H3. The van der Waals surface area contributed by atoms with Gasteiger partial charge in [0.25, 0.3) is 0 Å². The number of rotatable bonds is 3. The quantitative estimate of drug-likeness (QED) is 0.627. The first kappa shape index (κ1) is 11.2. The molecule has 84 valence electrons. The van der Waals surface area contributed by atoms with Crippen LogP contribution in [0.25, 0.3) is 0 Å². The van der Waals surface area contributed by atoms with Crippen LogP contribution in [0, 0.1) is 13.8 Å². The van der Waals surface area contributed by atoms with Crippen molar-refractivity contribution in [1.82, 2.24) is 15.4 Å². The number of hydrogen-bond acceptors (Lipinski definition) is 5. The number of aryl methyl sites for hydroxylation is 2. The summed E-state index contributed by atoms with van der Waals surface area (Å²) in [6, 6.07) is 3.88. The summed E-state index contributed by atoms with van der Waals surface area (Å²) in [7, 11) is 0. The van der Waals surface area contributed by atoms with Crippen LogP contribution in [0.1, 0.15) is 27.2 Å². The first-order valence-electron chi connectivity index (χ1n) is 5.02. The van der Waals surface area contributed by atoms with Crippen LogP contribution < -0.4 is 11.3 Å². The van der Waals surface area contributed by atoms with E-state index in [9.17, 15) is 0 Å². The predicted molar refractivity (Wildman–Crippen MR) is 65.0 cm³/mol. The lowest BCUT2D eigenvalue weighted by atomic mass is 10.1. The molecule has 0 bridgehead atoms. The van der Waals surface area contributed by atoms with Crippen LogP contribution in [-0.4, -0.2) is 9.97 Å². The van der Waals surface area contributed by atoms with E-state index in [1.807, 2.05) is 32.2 Å². The molecule has 0 saturated carbocycles. The molecule has 5 heteroatoms. The third-order valence-corrected chi connectivity index (χ3v) is 3.52. The van der Waals surface area contributed by atoms with E-state index >= 15 is 0 Å². The Morgan fingerprint density at radius 1 is 1.44 bits per heavy atom. The van der Waals surface area contributed by atoms with Gasteiger partial charge in [0.2, 0.25) is 0 Å². The smallest absolute Gasteiger partial charge is 0.0900 e. The molecule has 0 radical (unpaired) electrons. The Morgan fingerprint density at radius 3 is 2.75 bits per heavy atom. The number of hydrogen-bond donors (Lipinski definition) is 2. The molecule has 2 heterocycles. The number of nitrogens with zero attached hydrogens (tertiary/aromatic N) is 2. The molecular formula is C11H14N4S. The summed E-state index contributed by atoms with van der Waals surface area (Å²) in [6.07, 6.45) is 3.57. The molecule has 0 saturated heterocycles. The van der Waals surface area contributed by atoms with E-state index in [2.05, 4.69) is 15.4 Å². The van der Waals surface area contributed by atoms with Crippen molar-refractivity contribution in [3.8, 4) is 0 Å². The molecule has 0 fully saturated rings. The van der Waals surface area contributed by atoms with Crippen LogP contribution in [-0.2, 0) is 0 Å². The molecule has 2 aromatic heterocycles. The van der Waals surface area contributed by atoms with Gasteiger partial charge in [-0.1, -0.05) is 6.07 Å². The summed E-state index contributed by atoms with van der Waals surface area (Å²) >= 11 is 1.66. The van der Waals surface area contributed by atoms with Gasteiger partial charge >= 0.3 is 0 Å². The zero-order valence-corrected chi connectivity index (χ0v) is 10.1. The minimum atomic E-state index is -0.0279. The fourth-order valence-electron chi connectivity index (χ4n) is 1.68. The summed E-state index contributed by atoms with van der Waals surface area (Å²) in [5.74, 6) is 5.62. The summed E-state index contributed by atoms with van der Waals surface area (Å²) in [5.41, 5.74) is 4.89. The molecule has 2 rings (SSSR count). The predicted octanol–water partition coefficient (Wildman–Crippen LogP) is 1.71. The number of pyridine rings is 1. The van der Waals surface area contributed by atoms with Gasteiger partial charge in [0.15, 0.2) is 0 Å². The highest BCUT2D eigenvalue weighted by Crippen LogP contribution is 2.28. The second-order valence-corrected chi connectivity index (χ2v) is 4.80. The molecule has 1 unspecified atom stereocenters. The molecule has 3 N–H and O–H groups in total. The molecule has 0 spiro atoms. The van der Waals surface area contributed by atoms with E-state index in [4.69, 9.17) is 5.84 Å². The Bertz CT molecular complexity index is 466. The Labute approximate surface area is 98.5 Å². The number of hydrazine groups is 1. The van der Waals surface area contributed by atoms with E-state index in [0.29, 0.717) is 0 Å². The highest BCUT2D eigenvalue weighted by atomic mass is 32.1. The zero-order valence-electron chi connectivity index (χ0n) is 9.27. The Hall–Kier alpha value is -1.30. The fraction of sp³-hybridized carbons (Fsp3) is 0.273. The molecule has 0 aromatic carbocycles. The average molecular weight is 234 g/mol. The van der Waals surface area contributed by atoms with Gasteiger partial charge < -0.3 is 0 Å². The average Bonchev–Trinajstić information content (AvgIpc) is 2.61. The van der Waals surface area contributed by atoms with E-state index in [1.165, 1.54) is 0 Å². The van der Waals surface area contributed by atoms with Crippen LogP contribution in [0.5, 0.6) is 0 Å². The highest BCUT2D eigenvalue weighted by molar-refractivity contribution is 7.11. The molecule has 4 nitrogen and oxygen atoms in total. The van der Waals surface area contributed by atoms with Crippen molar-refractivity contribution in [2.75, 3.05) is 0 Å². The van der Waals surface area contributed by atoms with Gasteiger partial charge in [-0.15, -0.1) is 11.3 Å². The van der Waals surface area contributed by atoms with Gasteiger partial charge in [-0.3, -0.25) is 10.8 Å². The maximum atomic E-state index is 5.62. The fourth-order valence-corrected chi connectivity index (χ4v) is 2.70. The van der Waals surface area contributed by atoms with Crippen molar-refractivity contribution in [2.24, 2.45) is 5.84 Å². The van der Waals surface area contributed by atoms with Crippen molar-refractivity contribution in [2.45, 2.75) is 19.9 Å². The monoisotopic (exact) mass is 234 g/mol. The zero-order chi connectivity index (χ0) is 11.5. The largest absolute Gasteiger partial charge is 0.271 e. The summed E-state index contributed by atoms with van der Waals surface area (Å²) in [6.45, 7) is 4.00. The van der Waals surface area contributed by atoms with Crippen molar-refractivity contribution in [3.05, 3.63) is 45.7 Å². The van der Waals surface area contributed by atoms with E-state index in [1.54, 1.807) is 17.5 Å². The van der Waals surface area contributed by atoms with Gasteiger partial charge in [0, 0.05) is 12.4 Å². The summed E-state index contributed by atoms with van der Waals surface area (Å²) in [4.78, 5) is 9.66. The molecule has 1 atom stereocenters. The lowest BCUT2D eigenvalue weighted by Crippen LogP contribution is -2.28. The molecule has 0 aliphatic heterocycles. The van der Waals surface area contributed by atoms with Gasteiger partial charge in [-0.2, -0.15) is 0 Å². The SMILES string of the molecule is Cc1nc(C)c(C(NN)c2cccnc2)s1. The lowest BCUT2D eigenvalue weighted by molar-refractivity contribution is 0.640. The van der Waals surface area contributed by atoms with Crippen molar-refractivity contribution in [1.29, 1.82) is 0 Å². The second-order valence-electron chi connectivity index (χ2n) is 3.57. The summed E-state index contributed by atoms with van der Waals surface area (Å²) in [5, 5.41) is 1.05. The van der Waals surface area contributed by atoms with Crippen molar-refractivity contribution < 1.29 is 0 Å². The van der Waals surface area contributed by atoms with Crippen LogP contribution in [0.3, 0.4) is 0 Å². The maximum Gasteiger partial charge on any atom is 0.0900 e. The van der Waals surface area contributed by atoms with Gasteiger partial charge in [-0.05, 0) is 25.5 Å². The van der Waals surface area contributed by atoms with Crippen LogP contribution >= 0.6 is 11.3 Å². The number of nitrogens with two attached hydrogens (primary N) is 1. The van der Waals surface area contributed by atoms with Crippen LogP contribution in [0.4, 0.5) is 0 Å². The minimum Gasteiger partial charge on any atom is -0.271 e. The number of aromatic nitrogens is 2. The molecule has 2 aromatic rings.